The van der Waals surface area contributed by atoms with Crippen LogP contribution in [0.2, 0.25) is 5.02 Å². The minimum atomic E-state index is -3.52. The fourth-order valence-electron chi connectivity index (χ4n) is 3.39. The van der Waals surface area contributed by atoms with E-state index in [4.69, 9.17) is 16.6 Å². The van der Waals surface area contributed by atoms with Crippen LogP contribution < -0.4 is 4.90 Å². The summed E-state index contributed by atoms with van der Waals surface area (Å²) < 4.78 is 26.2. The highest BCUT2D eigenvalue weighted by Crippen LogP contribution is 2.34. The summed E-state index contributed by atoms with van der Waals surface area (Å²) in [7, 11) is -3.52. The van der Waals surface area contributed by atoms with Gasteiger partial charge in [-0.2, -0.15) is 0 Å². The van der Waals surface area contributed by atoms with Crippen LogP contribution in [0.15, 0.2) is 65.8 Å². The van der Waals surface area contributed by atoms with E-state index in [-0.39, 0.29) is 22.9 Å². The highest BCUT2D eigenvalue weighted by atomic mass is 35.5. The van der Waals surface area contributed by atoms with Crippen molar-refractivity contribution in [2.45, 2.75) is 37.5 Å². The lowest BCUT2D eigenvalue weighted by molar-refractivity contribution is 0.0985. The Bertz CT molecular complexity index is 1430. The van der Waals surface area contributed by atoms with Crippen LogP contribution in [0.5, 0.6) is 0 Å². The Balaban J connectivity index is 1.81. The largest absolute Gasteiger partial charge is 0.279 e. The molecule has 2 aromatic heterocycles. The molecule has 2 aromatic carbocycles. The molecule has 33 heavy (non-hydrogen) atoms. The van der Waals surface area contributed by atoms with Gasteiger partial charge in [-0.05, 0) is 74.4 Å². The molecule has 0 fully saturated rings. The normalized spacial score (nSPS) is 11.8. The van der Waals surface area contributed by atoms with Crippen molar-refractivity contribution in [1.29, 1.82) is 0 Å². The number of sulfone groups is 1. The number of aryl methyl sites for hydroxylation is 1. The van der Waals surface area contributed by atoms with Gasteiger partial charge in [-0.15, -0.1) is 0 Å². The molecule has 0 aliphatic rings. The van der Waals surface area contributed by atoms with Gasteiger partial charge in [0.05, 0.1) is 26.9 Å². The summed E-state index contributed by atoms with van der Waals surface area (Å²) in [6.45, 7) is 5.42. The summed E-state index contributed by atoms with van der Waals surface area (Å²) in [6, 6.07) is 13.5. The predicted molar refractivity (Wildman–Crippen MR) is 133 cm³/mol. The van der Waals surface area contributed by atoms with Crippen LogP contribution in [0.1, 0.15) is 35.3 Å². The summed E-state index contributed by atoms with van der Waals surface area (Å²) in [5.41, 5.74) is 2.85. The molecule has 0 aliphatic heterocycles. The molecule has 0 spiro atoms. The van der Waals surface area contributed by atoms with Crippen LogP contribution in [-0.4, -0.2) is 29.5 Å². The summed E-state index contributed by atoms with van der Waals surface area (Å²) in [6.07, 6.45) is 3.33. The first-order chi connectivity index (χ1) is 15.7. The van der Waals surface area contributed by atoms with Crippen molar-refractivity contribution in [1.82, 2.24) is 9.97 Å². The van der Waals surface area contributed by atoms with Crippen molar-refractivity contribution in [3.63, 3.8) is 0 Å². The van der Waals surface area contributed by atoms with Crippen molar-refractivity contribution in [2.75, 3.05) is 4.90 Å². The van der Waals surface area contributed by atoms with Crippen LogP contribution in [0.25, 0.3) is 10.2 Å². The number of halogens is 1. The maximum atomic E-state index is 13.7. The SMILES string of the molecule is Cc1cc(Cl)cc2sc(N(Cc3ccncc3)C(=O)c3cccc(S(=O)(=O)C(C)C)c3)nc12. The van der Waals surface area contributed by atoms with Gasteiger partial charge in [-0.25, -0.2) is 13.4 Å². The number of rotatable bonds is 6. The zero-order valence-electron chi connectivity index (χ0n) is 18.3. The number of nitrogens with zero attached hydrogens (tertiary/aromatic N) is 3. The van der Waals surface area contributed by atoms with E-state index in [9.17, 15) is 13.2 Å². The second-order valence-corrected chi connectivity index (χ2v) is 11.9. The van der Waals surface area contributed by atoms with Gasteiger partial charge < -0.3 is 0 Å². The number of anilines is 1. The first-order valence-corrected chi connectivity index (χ1v) is 13.0. The molecule has 0 N–H and O–H groups in total. The van der Waals surface area contributed by atoms with Gasteiger partial charge in [0.15, 0.2) is 15.0 Å². The lowest BCUT2D eigenvalue weighted by atomic mass is 10.2. The van der Waals surface area contributed by atoms with Crippen LogP contribution in [0, 0.1) is 6.92 Å². The smallest absolute Gasteiger partial charge is 0.260 e. The molecule has 0 aliphatic carbocycles. The van der Waals surface area contributed by atoms with Crippen molar-refractivity contribution in [3.8, 4) is 0 Å². The van der Waals surface area contributed by atoms with Gasteiger partial charge in [-0.1, -0.05) is 29.0 Å². The van der Waals surface area contributed by atoms with E-state index in [1.54, 1.807) is 43.3 Å². The quantitative estimate of drug-likeness (QED) is 0.341. The maximum Gasteiger partial charge on any atom is 0.260 e. The molecule has 0 atom stereocenters. The molecule has 0 bridgehead atoms. The molecular weight excluding hydrogens is 478 g/mol. The molecule has 9 heteroatoms. The number of aromatic nitrogens is 2. The van der Waals surface area contributed by atoms with Crippen LogP contribution in [0.3, 0.4) is 0 Å². The molecule has 6 nitrogen and oxygen atoms in total. The van der Waals surface area contributed by atoms with Crippen LogP contribution in [0.4, 0.5) is 5.13 Å². The average Bonchev–Trinajstić information content (AvgIpc) is 3.22. The minimum Gasteiger partial charge on any atom is -0.279 e. The first kappa shape index (κ1) is 23.4. The second-order valence-electron chi connectivity index (χ2n) is 7.93. The van der Waals surface area contributed by atoms with Crippen molar-refractivity contribution < 1.29 is 13.2 Å². The number of thiazole rings is 1. The van der Waals surface area contributed by atoms with Gasteiger partial charge in [0.2, 0.25) is 0 Å². The van der Waals surface area contributed by atoms with Crippen molar-refractivity contribution >= 4 is 54.0 Å². The predicted octanol–water partition coefficient (Wildman–Crippen LogP) is 5.68. The zero-order valence-corrected chi connectivity index (χ0v) is 20.7. The number of hydrogen-bond donors (Lipinski definition) is 0. The Morgan fingerprint density at radius 1 is 1.12 bits per heavy atom. The third-order valence-corrected chi connectivity index (χ3v) is 8.63. The lowest BCUT2D eigenvalue weighted by Gasteiger charge is -2.20. The number of benzene rings is 2. The summed E-state index contributed by atoms with van der Waals surface area (Å²) >= 11 is 7.59. The number of amides is 1. The van der Waals surface area contributed by atoms with Gasteiger partial charge in [0.25, 0.3) is 5.91 Å². The number of fused-ring (bicyclic) bond motifs is 1. The van der Waals surface area contributed by atoms with Gasteiger partial charge >= 0.3 is 0 Å². The standard InChI is InChI=1S/C24H22ClN3O3S2/c1-15(2)33(30,31)20-6-4-5-18(12-20)23(29)28(14-17-7-9-26-10-8-17)24-27-22-16(3)11-19(25)13-21(22)32-24/h4-13,15H,14H2,1-3H3. The molecule has 0 radical (unpaired) electrons. The summed E-state index contributed by atoms with van der Waals surface area (Å²) in [5.74, 6) is -0.338. The van der Waals surface area contributed by atoms with E-state index < -0.39 is 15.1 Å². The fourth-order valence-corrected chi connectivity index (χ4v) is 5.91. The highest BCUT2D eigenvalue weighted by Gasteiger charge is 2.25. The van der Waals surface area contributed by atoms with Crippen LogP contribution in [-0.2, 0) is 16.4 Å². The van der Waals surface area contributed by atoms with E-state index in [1.165, 1.54) is 23.5 Å². The Morgan fingerprint density at radius 3 is 2.55 bits per heavy atom. The molecule has 4 rings (SSSR count). The maximum absolute atomic E-state index is 13.7. The second kappa shape index (κ2) is 9.21. The molecule has 2 heterocycles. The monoisotopic (exact) mass is 499 g/mol. The van der Waals surface area contributed by atoms with E-state index in [1.807, 2.05) is 31.2 Å². The average molecular weight is 500 g/mol. The van der Waals surface area contributed by atoms with E-state index in [0.29, 0.717) is 10.2 Å². The van der Waals surface area contributed by atoms with E-state index in [2.05, 4.69) is 4.98 Å². The Hall–Kier alpha value is -2.81. The zero-order chi connectivity index (χ0) is 23.8. The van der Waals surface area contributed by atoms with Gasteiger partial charge in [-0.3, -0.25) is 14.7 Å². The van der Waals surface area contributed by atoms with E-state index in [0.717, 1.165) is 21.3 Å². The first-order valence-electron chi connectivity index (χ1n) is 10.3. The van der Waals surface area contributed by atoms with Crippen molar-refractivity contribution in [2.24, 2.45) is 0 Å². The molecule has 1 amide bonds. The topological polar surface area (TPSA) is 80.2 Å². The lowest BCUT2D eigenvalue weighted by Crippen LogP contribution is -2.30. The van der Waals surface area contributed by atoms with Crippen LogP contribution >= 0.6 is 22.9 Å². The third-order valence-electron chi connectivity index (χ3n) is 5.24. The summed E-state index contributed by atoms with van der Waals surface area (Å²) in [5, 5.41) is 0.524. The minimum absolute atomic E-state index is 0.124. The van der Waals surface area contributed by atoms with Gasteiger partial charge in [0.1, 0.15) is 0 Å². The molecular formula is C24H22ClN3O3S2. The highest BCUT2D eigenvalue weighted by molar-refractivity contribution is 7.92. The van der Waals surface area contributed by atoms with Gasteiger partial charge in [0, 0.05) is 23.0 Å². The Labute approximate surface area is 201 Å². The Morgan fingerprint density at radius 2 is 1.85 bits per heavy atom. The van der Waals surface area contributed by atoms with Crippen molar-refractivity contribution in [3.05, 3.63) is 82.6 Å². The molecule has 170 valence electrons. The molecule has 0 unspecified atom stereocenters. The number of carbonyl (C=O) groups is 1. The third kappa shape index (κ3) is 4.78. The summed E-state index contributed by atoms with van der Waals surface area (Å²) in [4.78, 5) is 24.1. The number of pyridine rings is 1. The molecule has 0 saturated heterocycles. The fraction of sp³-hybridized carbons (Fsp3) is 0.208. The molecule has 4 aromatic rings. The molecule has 0 saturated carbocycles. The Kier molecular flexibility index (Phi) is 6.52. The van der Waals surface area contributed by atoms with E-state index >= 15 is 0 Å². The number of carbonyl (C=O) groups excluding carboxylic acids is 1. The number of hydrogen-bond acceptors (Lipinski definition) is 6.